The number of hydrogen-bond donors (Lipinski definition) is 0. The van der Waals surface area contributed by atoms with E-state index in [0.29, 0.717) is 86.4 Å². The predicted octanol–water partition coefficient (Wildman–Crippen LogP) is 24.5. The average molecular weight is 1520 g/mol. The lowest BCUT2D eigenvalue weighted by atomic mass is 9.66. The Morgan fingerprint density at radius 2 is 0.610 bits per heavy atom. The first-order valence-electron chi connectivity index (χ1n) is 36.8. The molecule has 6 fully saturated rings. The first-order valence-corrected chi connectivity index (χ1v) is 39.1. The molecule has 0 bridgehead atoms. The zero-order valence-electron chi connectivity index (χ0n) is 59.7. The average Bonchev–Trinajstić information content (AvgIpc) is 0.890. The van der Waals surface area contributed by atoms with Gasteiger partial charge in [-0.1, -0.05) is 200 Å². The molecule has 6 aliphatic rings. The number of pyridine rings is 3. The highest BCUT2D eigenvalue weighted by Crippen LogP contribution is 2.61. The molecule has 3 aromatic heterocycles. The number of allylic oxidation sites excluding steroid dienone is 3. The van der Waals surface area contributed by atoms with Crippen molar-refractivity contribution in [3.8, 4) is 0 Å². The third kappa shape index (κ3) is 16.7. The molecule has 6 aromatic carbocycles. The van der Waals surface area contributed by atoms with Crippen molar-refractivity contribution in [2.24, 2.45) is 34.0 Å². The fourth-order valence-corrected chi connectivity index (χ4v) is 18.3. The quantitative estimate of drug-likeness (QED) is 0.0665. The van der Waals surface area contributed by atoms with Crippen LogP contribution < -0.4 is 0 Å². The SMILES string of the molecule is C=CCC1(C)C[C@H](c2cccc(Cl)c2)[C@@H](c2ccc(Cl)cc2)N([C@@H](c2ccccn2)C2CC2)C1=O.C=CCC1(C)C[C@H](c2cccc(Cl)c2)[C@@H](c2ccc(Cl)cc2)N([C@H](c2ccccn2)C2CC2)C1=O.C=CCC1(C)C[C@H](c2cccc(Cl)c2)[C@@H](c2ccc(Cl)cc2)N([C@H](c2ccccn2)C2CC2)C1=O. The number of amides is 3. The molecular weight excluding hydrogens is 1430 g/mol. The number of benzene rings is 6. The second-order valence-electron chi connectivity index (χ2n) is 30.5. The molecule has 3 saturated heterocycles. The van der Waals surface area contributed by atoms with Gasteiger partial charge in [0.25, 0.3) is 0 Å². The van der Waals surface area contributed by atoms with Crippen LogP contribution in [0.1, 0.15) is 202 Å². The van der Waals surface area contributed by atoms with Gasteiger partial charge in [0, 0.05) is 66.5 Å². The molecule has 0 spiro atoms. The van der Waals surface area contributed by atoms with Gasteiger partial charge in [0.15, 0.2) is 0 Å². The Labute approximate surface area is 649 Å². The van der Waals surface area contributed by atoms with E-state index in [-0.39, 0.29) is 71.7 Å². The van der Waals surface area contributed by atoms with E-state index in [4.69, 9.17) is 84.6 Å². The van der Waals surface area contributed by atoms with Crippen LogP contribution in [0.25, 0.3) is 0 Å². The van der Waals surface area contributed by atoms with Crippen molar-refractivity contribution in [2.75, 3.05) is 0 Å². The van der Waals surface area contributed by atoms with Crippen LogP contribution in [0.4, 0.5) is 0 Å². The van der Waals surface area contributed by atoms with Gasteiger partial charge in [-0.05, 0) is 237 Å². The second-order valence-corrected chi connectivity index (χ2v) is 33.1. The second kappa shape index (κ2) is 32.7. The Balaban J connectivity index is 0.000000140. The molecule has 6 heterocycles. The number of aromatic nitrogens is 3. The van der Waals surface area contributed by atoms with Crippen molar-refractivity contribution in [1.82, 2.24) is 29.7 Å². The maximum atomic E-state index is 14.5. The van der Waals surface area contributed by atoms with Crippen molar-refractivity contribution in [2.45, 2.75) is 152 Å². The van der Waals surface area contributed by atoms with Gasteiger partial charge in [0.05, 0.1) is 69.6 Å². The lowest BCUT2D eigenvalue weighted by Gasteiger charge is -2.52. The molecule has 0 radical (unpaired) electrons. The fourth-order valence-electron chi connectivity index (χ4n) is 17.3. The summed E-state index contributed by atoms with van der Waals surface area (Å²) in [5, 5.41) is 4.16. The van der Waals surface area contributed by atoms with Crippen LogP contribution in [0.15, 0.2) is 257 Å². The molecule has 15 heteroatoms. The topological polar surface area (TPSA) is 99.6 Å². The molecule has 15 rings (SSSR count). The Morgan fingerprint density at radius 1 is 0.352 bits per heavy atom. The summed E-state index contributed by atoms with van der Waals surface area (Å²) in [6.45, 7) is 18.2. The Bertz CT molecular complexity index is 4080. The first-order chi connectivity index (χ1) is 50.7. The van der Waals surface area contributed by atoms with Crippen LogP contribution in [-0.2, 0) is 14.4 Å². The number of halogens is 6. The highest BCUT2D eigenvalue weighted by atomic mass is 35.5. The van der Waals surface area contributed by atoms with E-state index in [1.165, 1.54) is 0 Å². The van der Waals surface area contributed by atoms with E-state index in [1.807, 2.05) is 164 Å². The zero-order chi connectivity index (χ0) is 73.7. The highest BCUT2D eigenvalue weighted by molar-refractivity contribution is 6.32. The smallest absolute Gasteiger partial charge is 0.229 e. The van der Waals surface area contributed by atoms with Crippen molar-refractivity contribution in [1.29, 1.82) is 0 Å². The molecule has 3 saturated carbocycles. The maximum absolute atomic E-state index is 14.5. The molecule has 3 amide bonds. The third-order valence-electron chi connectivity index (χ3n) is 22.6. The monoisotopic (exact) mass is 1510 g/mol. The van der Waals surface area contributed by atoms with Crippen LogP contribution in [0, 0.1) is 34.0 Å². The van der Waals surface area contributed by atoms with Gasteiger partial charge in [-0.3, -0.25) is 29.3 Å². The molecule has 3 aliphatic carbocycles. The molecule has 9 aromatic rings. The molecule has 12 atom stereocenters. The van der Waals surface area contributed by atoms with E-state index in [1.54, 1.807) is 0 Å². The lowest BCUT2D eigenvalue weighted by molar-refractivity contribution is -0.156. The first kappa shape index (κ1) is 75.4. The molecule has 9 nitrogen and oxygen atoms in total. The number of carbonyl (C=O) groups is 3. The molecule has 105 heavy (non-hydrogen) atoms. The Kier molecular flexibility index (Phi) is 23.5. The van der Waals surface area contributed by atoms with Crippen molar-refractivity contribution in [3.05, 3.63) is 337 Å². The van der Waals surface area contributed by atoms with Gasteiger partial charge in [-0.2, -0.15) is 0 Å². The number of hydrogen-bond acceptors (Lipinski definition) is 6. The molecule has 540 valence electrons. The van der Waals surface area contributed by atoms with Gasteiger partial charge in [0.1, 0.15) is 0 Å². The summed E-state index contributed by atoms with van der Waals surface area (Å²) in [6, 6.07) is 65.3. The van der Waals surface area contributed by atoms with Gasteiger partial charge >= 0.3 is 0 Å². The Morgan fingerprint density at radius 3 is 0.819 bits per heavy atom. The summed E-state index contributed by atoms with van der Waals surface area (Å²) in [6.07, 6.45) is 21.7. The van der Waals surface area contributed by atoms with E-state index in [2.05, 4.69) is 128 Å². The van der Waals surface area contributed by atoms with Crippen molar-refractivity contribution < 1.29 is 14.4 Å². The molecule has 3 aliphatic heterocycles. The van der Waals surface area contributed by atoms with E-state index < -0.39 is 16.2 Å². The summed E-state index contributed by atoms with van der Waals surface area (Å²) < 4.78 is 0. The minimum absolute atomic E-state index is 0.0579. The minimum atomic E-state index is -0.570. The van der Waals surface area contributed by atoms with Gasteiger partial charge in [-0.25, -0.2) is 0 Å². The number of rotatable bonds is 21. The maximum Gasteiger partial charge on any atom is 0.229 e. The summed E-state index contributed by atoms with van der Waals surface area (Å²) in [7, 11) is 0. The van der Waals surface area contributed by atoms with Crippen LogP contribution >= 0.6 is 69.6 Å². The fraction of sp³-hybridized carbons (Fsp3) is 0.333. The van der Waals surface area contributed by atoms with Crippen LogP contribution in [0.5, 0.6) is 0 Å². The normalized spacial score (nSPS) is 25.3. The number of nitrogens with zero attached hydrogens (tertiary/aromatic N) is 6. The van der Waals surface area contributed by atoms with Gasteiger partial charge in [-0.15, -0.1) is 19.7 Å². The number of carbonyl (C=O) groups excluding carboxylic acids is 3. The summed E-state index contributed by atoms with van der Waals surface area (Å²) in [4.78, 5) is 64.1. The molecule has 3 unspecified atom stereocenters. The lowest BCUT2D eigenvalue weighted by Crippen LogP contribution is -2.53. The summed E-state index contributed by atoms with van der Waals surface area (Å²) in [5.41, 5.74) is 7.81. The van der Waals surface area contributed by atoms with Crippen LogP contribution in [0.2, 0.25) is 30.1 Å². The van der Waals surface area contributed by atoms with E-state index >= 15 is 0 Å². The predicted molar refractivity (Wildman–Crippen MR) is 427 cm³/mol. The van der Waals surface area contributed by atoms with Crippen LogP contribution in [-0.4, -0.2) is 47.4 Å². The van der Waals surface area contributed by atoms with E-state index in [0.717, 1.165) is 89.0 Å². The third-order valence-corrected chi connectivity index (χ3v) is 24.1. The van der Waals surface area contributed by atoms with Crippen molar-refractivity contribution in [3.63, 3.8) is 0 Å². The molecule has 0 N–H and O–H groups in total. The van der Waals surface area contributed by atoms with Gasteiger partial charge in [0.2, 0.25) is 17.7 Å². The Hall–Kier alpha value is -7.86. The molecular formula is C90H90Cl6N6O3. The largest absolute Gasteiger partial charge is 0.326 e. The summed E-state index contributed by atoms with van der Waals surface area (Å²) in [5.74, 6) is 1.86. The number of piperidine rings is 3. The van der Waals surface area contributed by atoms with Crippen LogP contribution in [0.3, 0.4) is 0 Å². The minimum Gasteiger partial charge on any atom is -0.326 e. The standard InChI is InChI=1S/3C30H30Cl2N2O/c3*1-3-16-30(2)19-25(22-7-6-8-24(32)18-22)27(20-12-14-23(31)15-13-20)34(29(30)35)28(21-10-11-21)26-9-4-5-17-33-26/h3*3-9,12-15,17-18,21,25,27-28H,1,10-11,16,19H2,2H3/t2*25-,27-,28+,30?;25-,27-,28-,30?/m111/s1. The zero-order valence-corrected chi connectivity index (χ0v) is 64.3. The highest BCUT2D eigenvalue weighted by Gasteiger charge is 2.58. The van der Waals surface area contributed by atoms with E-state index in [9.17, 15) is 14.4 Å². The van der Waals surface area contributed by atoms with Crippen molar-refractivity contribution >= 4 is 87.3 Å². The number of likely N-dealkylation sites (tertiary alicyclic amines) is 3. The van der Waals surface area contributed by atoms with Gasteiger partial charge < -0.3 is 14.7 Å². The summed E-state index contributed by atoms with van der Waals surface area (Å²) >= 11 is 38.2.